The van der Waals surface area contributed by atoms with E-state index in [4.69, 9.17) is 11.6 Å². The molecule has 1 aromatic carbocycles. The zero-order chi connectivity index (χ0) is 15.7. The highest BCUT2D eigenvalue weighted by molar-refractivity contribution is 6.30. The van der Waals surface area contributed by atoms with Crippen LogP contribution in [0.1, 0.15) is 28.3 Å². The largest absolute Gasteiger partial charge is 0.338 e. The van der Waals surface area contributed by atoms with Gasteiger partial charge in [-0.3, -0.25) is 9.59 Å². The van der Waals surface area contributed by atoms with E-state index in [-0.39, 0.29) is 22.7 Å². The summed E-state index contributed by atoms with van der Waals surface area (Å²) in [6.45, 7) is 1.01. The fourth-order valence-electron chi connectivity index (χ4n) is 2.77. The van der Waals surface area contributed by atoms with Crippen molar-refractivity contribution in [1.29, 1.82) is 0 Å². The van der Waals surface area contributed by atoms with E-state index in [0.29, 0.717) is 30.6 Å². The first-order valence-corrected chi connectivity index (χ1v) is 7.36. The Morgan fingerprint density at radius 2 is 2.14 bits per heavy atom. The van der Waals surface area contributed by atoms with E-state index in [1.54, 1.807) is 23.1 Å². The zero-order valence-corrected chi connectivity index (χ0v) is 12.4. The van der Waals surface area contributed by atoms with Crippen LogP contribution in [0.5, 0.6) is 0 Å². The minimum absolute atomic E-state index is 0.0108. The van der Waals surface area contributed by atoms with E-state index in [9.17, 15) is 14.0 Å². The average molecular weight is 321 g/mol. The number of nitrogens with one attached hydrogen (secondary N) is 1. The number of halogens is 2. The molecule has 0 bridgehead atoms. The zero-order valence-electron chi connectivity index (χ0n) is 11.7. The van der Waals surface area contributed by atoms with Crippen LogP contribution in [0.2, 0.25) is 5.02 Å². The van der Waals surface area contributed by atoms with Crippen molar-refractivity contribution in [2.75, 3.05) is 13.1 Å². The summed E-state index contributed by atoms with van der Waals surface area (Å²) in [6, 6.07) is 8.00. The molecule has 4 nitrogen and oxygen atoms in total. The molecule has 0 spiro atoms. The van der Waals surface area contributed by atoms with Crippen LogP contribution in [-0.2, 0) is 0 Å². The van der Waals surface area contributed by atoms with Gasteiger partial charge in [0.2, 0.25) is 0 Å². The van der Waals surface area contributed by atoms with Gasteiger partial charge in [-0.2, -0.15) is 0 Å². The Morgan fingerprint density at radius 3 is 2.86 bits per heavy atom. The molecule has 1 amide bonds. The molecule has 1 aromatic heterocycles. The van der Waals surface area contributed by atoms with Gasteiger partial charge in [0.25, 0.3) is 11.5 Å². The smallest absolute Gasteiger partial charge is 0.266 e. The molecule has 1 aliphatic heterocycles. The molecule has 1 N–H and O–H groups in total. The number of benzene rings is 1. The van der Waals surface area contributed by atoms with Gasteiger partial charge < -0.3 is 9.88 Å². The molecule has 0 saturated carbocycles. The third-order valence-corrected chi connectivity index (χ3v) is 4.21. The molecule has 1 saturated heterocycles. The second kappa shape index (κ2) is 5.93. The van der Waals surface area contributed by atoms with Crippen LogP contribution in [0, 0.1) is 5.82 Å². The molecule has 3 rings (SSSR count). The molecule has 22 heavy (non-hydrogen) atoms. The maximum atomic E-state index is 13.8. The molecule has 114 valence electrons. The van der Waals surface area contributed by atoms with Gasteiger partial charge in [0, 0.05) is 25.2 Å². The minimum Gasteiger partial charge on any atom is -0.338 e. The number of carbonyl (C=O) groups is 1. The van der Waals surface area contributed by atoms with Gasteiger partial charge in [0.15, 0.2) is 0 Å². The van der Waals surface area contributed by atoms with Gasteiger partial charge in [0.1, 0.15) is 10.8 Å². The molecule has 2 aromatic rings. The number of nitrogens with zero attached hydrogens (tertiary/aromatic N) is 1. The first-order valence-electron chi connectivity index (χ1n) is 6.98. The number of pyridine rings is 1. The summed E-state index contributed by atoms with van der Waals surface area (Å²) in [7, 11) is 0. The van der Waals surface area contributed by atoms with E-state index in [1.165, 1.54) is 18.3 Å². The van der Waals surface area contributed by atoms with E-state index in [1.807, 2.05) is 0 Å². The van der Waals surface area contributed by atoms with Crippen molar-refractivity contribution in [3.05, 3.63) is 68.8 Å². The number of amides is 1. The summed E-state index contributed by atoms with van der Waals surface area (Å²) in [5.41, 5.74) is 0.542. The van der Waals surface area contributed by atoms with Crippen LogP contribution in [0.15, 0.2) is 41.3 Å². The monoisotopic (exact) mass is 320 g/mol. The fourth-order valence-corrected chi connectivity index (χ4v) is 2.94. The Kier molecular flexibility index (Phi) is 3.98. The van der Waals surface area contributed by atoms with Crippen LogP contribution >= 0.6 is 11.6 Å². The van der Waals surface area contributed by atoms with E-state index in [0.717, 1.165) is 0 Å². The average Bonchev–Trinajstić information content (AvgIpc) is 2.99. The third kappa shape index (κ3) is 2.76. The van der Waals surface area contributed by atoms with Crippen LogP contribution in [0.3, 0.4) is 0 Å². The molecule has 0 aliphatic carbocycles. The first kappa shape index (κ1) is 14.8. The Labute approximate surface area is 131 Å². The Balaban J connectivity index is 1.77. The predicted octanol–water partition coefficient (Wildman–Crippen LogP) is 2.80. The molecule has 1 aliphatic rings. The summed E-state index contributed by atoms with van der Waals surface area (Å²) < 4.78 is 13.8. The fraction of sp³-hybridized carbons (Fsp3) is 0.250. The molecule has 2 heterocycles. The summed E-state index contributed by atoms with van der Waals surface area (Å²) in [5, 5.41) is -0.0179. The summed E-state index contributed by atoms with van der Waals surface area (Å²) in [5.74, 6) is -0.464. The number of hydrogen-bond acceptors (Lipinski definition) is 2. The van der Waals surface area contributed by atoms with Gasteiger partial charge in [-0.15, -0.1) is 0 Å². The van der Waals surface area contributed by atoms with Crippen molar-refractivity contribution >= 4 is 17.5 Å². The van der Waals surface area contributed by atoms with Gasteiger partial charge in [-0.25, -0.2) is 4.39 Å². The van der Waals surface area contributed by atoms with E-state index < -0.39 is 5.56 Å². The highest BCUT2D eigenvalue weighted by atomic mass is 35.5. The third-order valence-electron chi connectivity index (χ3n) is 3.93. The second-order valence-corrected chi connectivity index (χ2v) is 5.73. The number of H-pyrrole nitrogens is 1. The van der Waals surface area contributed by atoms with Crippen LogP contribution in [0.4, 0.5) is 4.39 Å². The van der Waals surface area contributed by atoms with Gasteiger partial charge in [0.05, 0.1) is 5.56 Å². The second-order valence-electron chi connectivity index (χ2n) is 5.32. The number of carbonyl (C=O) groups excluding carboxylic acids is 1. The number of likely N-dealkylation sites (tertiary alicyclic amines) is 1. The van der Waals surface area contributed by atoms with Gasteiger partial charge in [-0.05, 0) is 24.1 Å². The standard InChI is InChI=1S/C16H14ClFN2O2/c17-13-7-11(8-19-15(13)21)16(22)20-6-5-10(9-20)12-3-1-2-4-14(12)18/h1-4,7-8,10H,5-6,9H2,(H,19,21). The number of aromatic nitrogens is 1. The van der Waals surface area contributed by atoms with Crippen molar-refractivity contribution in [3.8, 4) is 0 Å². The number of aromatic amines is 1. The maximum absolute atomic E-state index is 13.8. The van der Waals surface area contributed by atoms with Crippen molar-refractivity contribution in [2.24, 2.45) is 0 Å². The van der Waals surface area contributed by atoms with Crippen LogP contribution in [-0.4, -0.2) is 28.9 Å². The van der Waals surface area contributed by atoms with Crippen LogP contribution < -0.4 is 5.56 Å². The lowest BCUT2D eigenvalue weighted by Crippen LogP contribution is -2.29. The molecule has 1 fully saturated rings. The highest BCUT2D eigenvalue weighted by Gasteiger charge is 2.29. The predicted molar refractivity (Wildman–Crippen MR) is 81.7 cm³/mol. The maximum Gasteiger partial charge on any atom is 0.266 e. The van der Waals surface area contributed by atoms with Crippen molar-refractivity contribution < 1.29 is 9.18 Å². The SMILES string of the molecule is O=C(c1c[nH]c(=O)c(Cl)c1)N1CCC(c2ccccc2F)C1. The van der Waals surface area contributed by atoms with Gasteiger partial charge in [-0.1, -0.05) is 29.8 Å². The number of rotatable bonds is 2. The topological polar surface area (TPSA) is 53.2 Å². The number of hydrogen-bond donors (Lipinski definition) is 1. The van der Waals surface area contributed by atoms with E-state index >= 15 is 0 Å². The lowest BCUT2D eigenvalue weighted by atomic mass is 9.98. The minimum atomic E-state index is -0.427. The quantitative estimate of drug-likeness (QED) is 0.925. The van der Waals surface area contributed by atoms with Crippen molar-refractivity contribution in [2.45, 2.75) is 12.3 Å². The first-order chi connectivity index (χ1) is 10.6. The lowest BCUT2D eigenvalue weighted by molar-refractivity contribution is 0.0790. The Morgan fingerprint density at radius 1 is 1.36 bits per heavy atom. The van der Waals surface area contributed by atoms with Gasteiger partial charge >= 0.3 is 0 Å². The molecule has 1 atom stereocenters. The summed E-state index contributed by atoms with van der Waals surface area (Å²) >= 11 is 5.75. The van der Waals surface area contributed by atoms with Crippen molar-refractivity contribution in [3.63, 3.8) is 0 Å². The highest BCUT2D eigenvalue weighted by Crippen LogP contribution is 2.29. The Bertz CT molecular complexity index is 775. The normalized spacial score (nSPS) is 17.7. The Hall–Kier alpha value is -2.14. The molecule has 1 unspecified atom stereocenters. The lowest BCUT2D eigenvalue weighted by Gasteiger charge is -2.17. The molecular weight excluding hydrogens is 307 g/mol. The molecule has 6 heteroatoms. The summed E-state index contributed by atoms with van der Waals surface area (Å²) in [6.07, 6.45) is 2.07. The van der Waals surface area contributed by atoms with Crippen LogP contribution in [0.25, 0.3) is 0 Å². The molecule has 0 radical (unpaired) electrons. The molecular formula is C16H14ClFN2O2. The van der Waals surface area contributed by atoms with Crippen molar-refractivity contribution in [1.82, 2.24) is 9.88 Å². The summed E-state index contributed by atoms with van der Waals surface area (Å²) in [4.78, 5) is 27.7. The van der Waals surface area contributed by atoms with E-state index in [2.05, 4.69) is 4.98 Å².